The van der Waals surface area contributed by atoms with E-state index < -0.39 is 5.92 Å². The number of ketones is 1. The van der Waals surface area contributed by atoms with Gasteiger partial charge >= 0.3 is 0 Å². The van der Waals surface area contributed by atoms with Crippen molar-refractivity contribution in [2.75, 3.05) is 5.32 Å². The van der Waals surface area contributed by atoms with Crippen LogP contribution in [-0.2, 0) is 11.4 Å². The third kappa shape index (κ3) is 4.16. The van der Waals surface area contributed by atoms with Gasteiger partial charge in [-0.05, 0) is 47.3 Å². The van der Waals surface area contributed by atoms with E-state index in [-0.39, 0.29) is 21.5 Å². The number of Topliss-reactive ketones (excluding diaryl/α,β-unsaturated/α-hetero) is 1. The summed E-state index contributed by atoms with van der Waals surface area (Å²) < 4.78 is 6.17. The number of hydrogen-bond acceptors (Lipinski definition) is 5. The molecule has 0 bridgehead atoms. The van der Waals surface area contributed by atoms with Gasteiger partial charge in [-0.15, -0.1) is 0 Å². The van der Waals surface area contributed by atoms with Crippen molar-refractivity contribution in [2.24, 2.45) is 5.41 Å². The molecule has 1 aliphatic heterocycles. The van der Waals surface area contributed by atoms with Crippen LogP contribution < -0.4 is 15.6 Å². The molecule has 6 nitrogen and oxygen atoms in total. The molecule has 1 aromatic heterocycles. The minimum Gasteiger partial charge on any atom is -0.489 e. The highest BCUT2D eigenvalue weighted by atomic mass is 32.1. The van der Waals surface area contributed by atoms with E-state index in [0.29, 0.717) is 30.0 Å². The molecule has 7 heteroatoms. The Morgan fingerprint density at radius 3 is 2.45 bits per heavy atom. The Morgan fingerprint density at radius 1 is 1.00 bits per heavy atom. The number of carbonyl (C=O) groups excluding carboxylic acids is 1. The van der Waals surface area contributed by atoms with Gasteiger partial charge in [-0.1, -0.05) is 56.3 Å². The molecule has 0 radical (unpaired) electrons. The van der Waals surface area contributed by atoms with E-state index >= 15 is 0 Å². The fourth-order valence-corrected chi connectivity index (χ4v) is 4.97. The topological polar surface area (TPSA) is 87.0 Å². The largest absolute Gasteiger partial charge is 0.489 e. The van der Waals surface area contributed by atoms with E-state index in [2.05, 4.69) is 29.1 Å². The Morgan fingerprint density at radius 2 is 1.73 bits per heavy atom. The van der Waals surface area contributed by atoms with E-state index in [1.165, 1.54) is 0 Å². The first kappa shape index (κ1) is 21.4. The summed E-state index contributed by atoms with van der Waals surface area (Å²) in [5, 5.41) is 3.31. The van der Waals surface area contributed by atoms with Crippen LogP contribution in [0.4, 0.5) is 5.82 Å². The van der Waals surface area contributed by atoms with E-state index in [4.69, 9.17) is 17.0 Å². The first-order chi connectivity index (χ1) is 15.8. The maximum atomic E-state index is 13.3. The molecule has 5 rings (SSSR count). The molecule has 33 heavy (non-hydrogen) atoms. The summed E-state index contributed by atoms with van der Waals surface area (Å²) >= 11 is 5.19. The lowest BCUT2D eigenvalue weighted by Gasteiger charge is -2.38. The second-order valence-corrected chi connectivity index (χ2v) is 9.84. The highest BCUT2D eigenvalue weighted by Gasteiger charge is 2.42. The number of fused-ring (bicyclic) bond motifs is 1. The Balaban J connectivity index is 1.54. The van der Waals surface area contributed by atoms with Crippen LogP contribution in [0.25, 0.3) is 0 Å². The van der Waals surface area contributed by atoms with Gasteiger partial charge in [0, 0.05) is 23.6 Å². The average Bonchev–Trinajstić information content (AvgIpc) is 2.76. The minimum atomic E-state index is -0.473. The van der Waals surface area contributed by atoms with Crippen LogP contribution in [0.5, 0.6) is 5.75 Å². The number of H-pyrrole nitrogens is 2. The lowest BCUT2D eigenvalue weighted by Crippen LogP contribution is -2.36. The molecule has 2 heterocycles. The van der Waals surface area contributed by atoms with Crippen LogP contribution in [0.1, 0.15) is 49.3 Å². The third-order valence-electron chi connectivity index (χ3n) is 6.21. The maximum absolute atomic E-state index is 13.3. The zero-order valence-corrected chi connectivity index (χ0v) is 19.3. The predicted molar refractivity (Wildman–Crippen MR) is 130 cm³/mol. The van der Waals surface area contributed by atoms with Gasteiger partial charge < -0.3 is 15.0 Å². The Kier molecular flexibility index (Phi) is 5.29. The number of hydrogen-bond donors (Lipinski definition) is 3. The second-order valence-electron chi connectivity index (χ2n) is 9.43. The summed E-state index contributed by atoms with van der Waals surface area (Å²) in [5.41, 5.74) is 3.50. The van der Waals surface area contributed by atoms with Crippen molar-refractivity contribution in [3.63, 3.8) is 0 Å². The van der Waals surface area contributed by atoms with Crippen LogP contribution in [0.15, 0.2) is 70.7 Å². The molecule has 1 unspecified atom stereocenters. The zero-order chi connectivity index (χ0) is 23.2. The summed E-state index contributed by atoms with van der Waals surface area (Å²) in [6, 6.07) is 17.6. The summed E-state index contributed by atoms with van der Waals surface area (Å²) in [6.07, 6.45) is 1.16. The van der Waals surface area contributed by atoms with E-state index in [1.807, 2.05) is 54.6 Å². The number of rotatable bonds is 4. The molecule has 0 fully saturated rings. The van der Waals surface area contributed by atoms with Crippen LogP contribution >= 0.6 is 12.2 Å². The van der Waals surface area contributed by atoms with Crippen molar-refractivity contribution in [3.8, 4) is 5.75 Å². The molecule has 0 saturated carbocycles. The monoisotopic (exact) mass is 459 g/mol. The molecular formula is C26H25N3O3S. The van der Waals surface area contributed by atoms with E-state index in [9.17, 15) is 9.59 Å². The van der Waals surface area contributed by atoms with Gasteiger partial charge in [0.25, 0.3) is 5.56 Å². The number of allylic oxidation sites excluding steroid dienone is 2. The van der Waals surface area contributed by atoms with Gasteiger partial charge in [0.1, 0.15) is 18.2 Å². The number of ether oxygens (including phenoxy) is 1. The highest BCUT2D eigenvalue weighted by Crippen LogP contribution is 2.47. The summed E-state index contributed by atoms with van der Waals surface area (Å²) in [5.74, 6) is 0.875. The normalized spacial score (nSPS) is 18.8. The minimum absolute atomic E-state index is 0.0654. The van der Waals surface area contributed by atoms with Gasteiger partial charge in [0.15, 0.2) is 10.6 Å². The molecule has 0 saturated heterocycles. The smallest absolute Gasteiger partial charge is 0.257 e. The lowest BCUT2D eigenvalue weighted by molar-refractivity contribution is -0.118. The number of benzene rings is 2. The first-order valence-corrected chi connectivity index (χ1v) is 11.4. The second kappa shape index (κ2) is 8.15. The van der Waals surface area contributed by atoms with Crippen LogP contribution in [0, 0.1) is 10.2 Å². The molecule has 2 aromatic carbocycles. The fraction of sp³-hybridized carbons (Fsp3) is 0.269. The number of carbonyl (C=O) groups is 1. The molecule has 1 aliphatic carbocycles. The van der Waals surface area contributed by atoms with Gasteiger partial charge in [-0.25, -0.2) is 0 Å². The maximum Gasteiger partial charge on any atom is 0.257 e. The van der Waals surface area contributed by atoms with Crippen molar-refractivity contribution in [2.45, 2.75) is 39.2 Å². The lowest BCUT2D eigenvalue weighted by atomic mass is 9.69. The quantitative estimate of drug-likeness (QED) is 0.466. The number of aromatic nitrogens is 2. The molecule has 1 atom stereocenters. The van der Waals surface area contributed by atoms with Crippen molar-refractivity contribution in [3.05, 3.63) is 97.7 Å². The van der Waals surface area contributed by atoms with Gasteiger partial charge in [-0.3, -0.25) is 14.6 Å². The van der Waals surface area contributed by atoms with Gasteiger partial charge in [0.05, 0.1) is 5.56 Å². The van der Waals surface area contributed by atoms with Crippen molar-refractivity contribution in [1.29, 1.82) is 0 Å². The SMILES string of the molecule is CC1(C)CC(=O)C2=C(C1)Nc1[nH]c(=S)[nH]c(=O)c1C2c1ccc(OCc2ccccc2)cc1. The van der Waals surface area contributed by atoms with Gasteiger partial charge in [0.2, 0.25) is 0 Å². The molecule has 3 aromatic rings. The average molecular weight is 460 g/mol. The fourth-order valence-electron chi connectivity index (χ4n) is 4.78. The Bertz CT molecular complexity index is 1370. The first-order valence-electron chi connectivity index (χ1n) is 11.0. The van der Waals surface area contributed by atoms with Gasteiger partial charge in [-0.2, -0.15) is 0 Å². The summed E-state index contributed by atoms with van der Waals surface area (Å²) in [4.78, 5) is 32.0. The van der Waals surface area contributed by atoms with Crippen molar-refractivity contribution in [1.82, 2.24) is 9.97 Å². The zero-order valence-electron chi connectivity index (χ0n) is 18.5. The predicted octanol–water partition coefficient (Wildman–Crippen LogP) is 5.21. The van der Waals surface area contributed by atoms with Crippen LogP contribution in [0.3, 0.4) is 0 Å². The van der Waals surface area contributed by atoms with Crippen molar-refractivity contribution < 1.29 is 9.53 Å². The third-order valence-corrected chi connectivity index (χ3v) is 6.42. The standard InChI is InChI=1S/C26H25N3O3S/c1-26(2)12-18-21(19(30)13-26)20(22-23(27-18)28-25(33)29-24(22)31)16-8-10-17(11-9-16)32-14-15-6-4-3-5-7-15/h3-11,20H,12-14H2,1-2H3,(H3,27,28,29,31,33). The summed E-state index contributed by atoms with van der Waals surface area (Å²) in [6.45, 7) is 4.63. The number of nitrogens with one attached hydrogen (secondary N) is 3. The summed E-state index contributed by atoms with van der Waals surface area (Å²) in [7, 11) is 0. The Hall–Kier alpha value is -3.45. The molecule has 168 valence electrons. The highest BCUT2D eigenvalue weighted by molar-refractivity contribution is 7.71. The van der Waals surface area contributed by atoms with Crippen LogP contribution in [-0.4, -0.2) is 15.8 Å². The number of anilines is 1. The van der Waals surface area contributed by atoms with Crippen molar-refractivity contribution >= 4 is 23.8 Å². The molecule has 0 amide bonds. The van der Waals surface area contributed by atoms with E-state index in [0.717, 1.165) is 29.0 Å². The molecule has 2 aliphatic rings. The number of aromatic amines is 2. The van der Waals surface area contributed by atoms with E-state index in [1.54, 1.807) is 0 Å². The molecule has 0 spiro atoms. The van der Waals surface area contributed by atoms with Crippen LogP contribution in [0.2, 0.25) is 0 Å². The molecular weight excluding hydrogens is 434 g/mol. The molecule has 3 N–H and O–H groups in total. The Labute approximate surface area is 196 Å².